The number of fused-ring (bicyclic) bond motifs is 1. The minimum atomic E-state index is -0.359. The Morgan fingerprint density at radius 2 is 1.77 bits per heavy atom. The Balaban J connectivity index is 1.45. The van der Waals surface area contributed by atoms with Crippen molar-refractivity contribution in [2.45, 2.75) is 6.54 Å². The first-order valence-corrected chi connectivity index (χ1v) is 9.66. The number of aromatic nitrogens is 6. The molecule has 10 heteroatoms. The summed E-state index contributed by atoms with van der Waals surface area (Å²) >= 11 is 3.38. The summed E-state index contributed by atoms with van der Waals surface area (Å²) in [5.41, 5.74) is 2.01. The predicted octanol–water partition coefficient (Wildman–Crippen LogP) is 3.56. The highest BCUT2D eigenvalue weighted by Gasteiger charge is 2.14. The van der Waals surface area contributed by atoms with Gasteiger partial charge in [0.15, 0.2) is 0 Å². The SMILES string of the molecule is O=c1c2cc(-c3ccc(F)cc3)nn2cnn1Cc1nc(-c2ccc(Br)cc2)no1. The van der Waals surface area contributed by atoms with Crippen LogP contribution in [-0.4, -0.2) is 29.5 Å². The Hall–Kier alpha value is -3.66. The van der Waals surface area contributed by atoms with Gasteiger partial charge in [-0.2, -0.15) is 15.2 Å². The first-order valence-electron chi connectivity index (χ1n) is 8.87. The van der Waals surface area contributed by atoms with E-state index in [1.54, 1.807) is 18.2 Å². The van der Waals surface area contributed by atoms with Gasteiger partial charge >= 0.3 is 0 Å². The van der Waals surface area contributed by atoms with Crippen molar-refractivity contribution in [2.24, 2.45) is 0 Å². The fourth-order valence-electron chi connectivity index (χ4n) is 2.98. The van der Waals surface area contributed by atoms with Crippen LogP contribution in [0.3, 0.4) is 0 Å². The third-order valence-electron chi connectivity index (χ3n) is 4.49. The summed E-state index contributed by atoms with van der Waals surface area (Å²) in [7, 11) is 0. The van der Waals surface area contributed by atoms with E-state index in [4.69, 9.17) is 4.52 Å². The highest BCUT2D eigenvalue weighted by atomic mass is 79.9. The van der Waals surface area contributed by atoms with Gasteiger partial charge in [0.2, 0.25) is 11.7 Å². The van der Waals surface area contributed by atoms with Gasteiger partial charge < -0.3 is 4.52 Å². The number of rotatable bonds is 4. The molecule has 0 saturated carbocycles. The van der Waals surface area contributed by atoms with E-state index in [2.05, 4.69) is 36.3 Å². The molecule has 8 nitrogen and oxygen atoms in total. The summed E-state index contributed by atoms with van der Waals surface area (Å²) in [6.45, 7) is 0.0237. The minimum Gasteiger partial charge on any atom is -0.337 e. The molecule has 3 aromatic heterocycles. The van der Waals surface area contributed by atoms with Gasteiger partial charge in [0.25, 0.3) is 5.56 Å². The summed E-state index contributed by atoms with van der Waals surface area (Å²) < 4.78 is 22.0. The van der Waals surface area contributed by atoms with Crippen LogP contribution in [0.15, 0.2) is 74.7 Å². The van der Waals surface area contributed by atoms with Gasteiger partial charge in [-0.3, -0.25) is 4.79 Å². The first kappa shape index (κ1) is 18.4. The molecule has 0 aliphatic rings. The maximum atomic E-state index is 13.1. The molecule has 0 aliphatic carbocycles. The minimum absolute atomic E-state index is 0.0237. The first-order chi connectivity index (χ1) is 14.6. The van der Waals surface area contributed by atoms with Gasteiger partial charge in [-0.15, -0.1) is 0 Å². The number of hydrogen-bond donors (Lipinski definition) is 0. The zero-order chi connectivity index (χ0) is 20.7. The molecule has 0 fully saturated rings. The summed E-state index contributed by atoms with van der Waals surface area (Å²) in [6, 6.07) is 15.0. The second kappa shape index (κ2) is 7.30. The van der Waals surface area contributed by atoms with Gasteiger partial charge in [-0.25, -0.2) is 13.6 Å². The van der Waals surface area contributed by atoms with E-state index >= 15 is 0 Å². The molecule has 0 N–H and O–H groups in total. The number of halogens is 2. The molecule has 0 spiro atoms. The lowest BCUT2D eigenvalue weighted by atomic mass is 10.1. The quantitative estimate of drug-likeness (QED) is 0.402. The fourth-order valence-corrected chi connectivity index (χ4v) is 3.24. The molecular formula is C20H12BrFN6O2. The van der Waals surface area contributed by atoms with Gasteiger partial charge in [0.05, 0.1) is 5.69 Å². The molecule has 3 heterocycles. The Labute approximate surface area is 176 Å². The average molecular weight is 467 g/mol. The number of benzene rings is 2. The third-order valence-corrected chi connectivity index (χ3v) is 5.01. The Morgan fingerprint density at radius 3 is 2.53 bits per heavy atom. The van der Waals surface area contributed by atoms with Crippen molar-refractivity contribution in [3.05, 3.63) is 87.5 Å². The monoisotopic (exact) mass is 466 g/mol. The Morgan fingerprint density at radius 1 is 1.03 bits per heavy atom. The molecule has 2 aromatic carbocycles. The van der Waals surface area contributed by atoms with Crippen LogP contribution >= 0.6 is 15.9 Å². The number of hydrogen-bond acceptors (Lipinski definition) is 6. The van der Waals surface area contributed by atoms with E-state index in [9.17, 15) is 9.18 Å². The van der Waals surface area contributed by atoms with Gasteiger partial charge in [0.1, 0.15) is 24.2 Å². The Bertz CT molecular complexity index is 1410. The van der Waals surface area contributed by atoms with Gasteiger partial charge in [-0.1, -0.05) is 21.1 Å². The van der Waals surface area contributed by atoms with Crippen LogP contribution in [0.4, 0.5) is 4.39 Å². The molecular weight excluding hydrogens is 455 g/mol. The van der Waals surface area contributed by atoms with E-state index in [-0.39, 0.29) is 23.8 Å². The molecule has 0 saturated heterocycles. The van der Waals surface area contributed by atoms with Crippen molar-refractivity contribution in [1.29, 1.82) is 0 Å². The smallest absolute Gasteiger partial charge is 0.293 e. The second-order valence-electron chi connectivity index (χ2n) is 6.48. The maximum Gasteiger partial charge on any atom is 0.293 e. The summed E-state index contributed by atoms with van der Waals surface area (Å²) in [6.07, 6.45) is 1.43. The van der Waals surface area contributed by atoms with E-state index in [1.807, 2.05) is 24.3 Å². The average Bonchev–Trinajstić information content (AvgIpc) is 3.39. The maximum absolute atomic E-state index is 13.1. The van der Waals surface area contributed by atoms with E-state index in [0.29, 0.717) is 22.6 Å². The fraction of sp³-hybridized carbons (Fsp3) is 0.0500. The van der Waals surface area contributed by atoms with Crippen LogP contribution < -0.4 is 5.56 Å². The standard InChI is InChI=1S/C20H12BrFN6O2/c21-14-5-1-13(2-6-14)19-24-18(30-26-19)10-27-20(29)17-9-16(25-28(17)11-23-27)12-3-7-15(22)8-4-12/h1-9,11H,10H2. The topological polar surface area (TPSA) is 91.1 Å². The van der Waals surface area contributed by atoms with Crippen LogP contribution in [-0.2, 0) is 6.54 Å². The van der Waals surface area contributed by atoms with Crippen LogP contribution in [0, 0.1) is 5.82 Å². The summed E-state index contributed by atoms with van der Waals surface area (Å²) in [5, 5.41) is 12.4. The van der Waals surface area contributed by atoms with Crippen molar-refractivity contribution in [2.75, 3.05) is 0 Å². The molecule has 0 unspecified atom stereocenters. The molecule has 5 aromatic rings. The highest BCUT2D eigenvalue weighted by Crippen LogP contribution is 2.20. The second-order valence-corrected chi connectivity index (χ2v) is 7.39. The lowest BCUT2D eigenvalue weighted by Gasteiger charge is -2.00. The van der Waals surface area contributed by atoms with Crippen molar-refractivity contribution < 1.29 is 8.91 Å². The van der Waals surface area contributed by atoms with Crippen molar-refractivity contribution in [1.82, 2.24) is 29.5 Å². The largest absolute Gasteiger partial charge is 0.337 e. The van der Waals surface area contributed by atoms with Gasteiger partial charge in [-0.05, 0) is 54.6 Å². The molecule has 0 amide bonds. The van der Waals surface area contributed by atoms with Crippen LogP contribution in [0.25, 0.3) is 28.2 Å². The molecule has 30 heavy (non-hydrogen) atoms. The van der Waals surface area contributed by atoms with Crippen molar-refractivity contribution >= 4 is 21.4 Å². The van der Waals surface area contributed by atoms with Crippen LogP contribution in [0.1, 0.15) is 5.89 Å². The van der Waals surface area contributed by atoms with Gasteiger partial charge in [0, 0.05) is 15.6 Å². The molecule has 0 radical (unpaired) electrons. The summed E-state index contributed by atoms with van der Waals surface area (Å²) in [4.78, 5) is 17.2. The summed E-state index contributed by atoms with van der Waals surface area (Å²) in [5.74, 6) is 0.341. The van der Waals surface area contributed by atoms with E-state index < -0.39 is 0 Å². The van der Waals surface area contributed by atoms with Crippen LogP contribution in [0.2, 0.25) is 0 Å². The molecule has 5 rings (SSSR count). The lowest BCUT2D eigenvalue weighted by Crippen LogP contribution is -2.25. The predicted molar refractivity (Wildman–Crippen MR) is 109 cm³/mol. The lowest BCUT2D eigenvalue weighted by molar-refractivity contribution is 0.362. The molecule has 0 bridgehead atoms. The molecule has 148 valence electrons. The molecule has 0 aliphatic heterocycles. The number of nitrogens with zero attached hydrogens (tertiary/aromatic N) is 6. The third kappa shape index (κ3) is 3.41. The normalized spacial score (nSPS) is 11.3. The Kier molecular flexibility index (Phi) is 4.47. The van der Waals surface area contributed by atoms with E-state index in [1.165, 1.54) is 27.7 Å². The molecule has 0 atom stereocenters. The van der Waals surface area contributed by atoms with Crippen molar-refractivity contribution in [3.8, 4) is 22.6 Å². The van der Waals surface area contributed by atoms with Crippen LogP contribution in [0.5, 0.6) is 0 Å². The zero-order valence-electron chi connectivity index (χ0n) is 15.2. The van der Waals surface area contributed by atoms with E-state index in [0.717, 1.165) is 10.0 Å². The highest BCUT2D eigenvalue weighted by molar-refractivity contribution is 9.10. The zero-order valence-corrected chi connectivity index (χ0v) is 16.8. The van der Waals surface area contributed by atoms with Crippen molar-refractivity contribution in [3.63, 3.8) is 0 Å².